The third-order valence-electron chi connectivity index (χ3n) is 3.72. The molecule has 1 fully saturated rings. The predicted octanol–water partition coefficient (Wildman–Crippen LogP) is 2.16. The van der Waals surface area contributed by atoms with Gasteiger partial charge in [-0.25, -0.2) is 0 Å². The maximum atomic E-state index is 6.10. The van der Waals surface area contributed by atoms with E-state index in [1.807, 2.05) is 12.1 Å². The second-order valence-electron chi connectivity index (χ2n) is 4.98. The molecule has 3 heteroatoms. The number of nitrogens with two attached hydrogens (primary N) is 1. The zero-order valence-electron chi connectivity index (χ0n) is 10.8. The Morgan fingerprint density at radius 3 is 2.71 bits per heavy atom. The fourth-order valence-electron chi connectivity index (χ4n) is 2.52. The fraction of sp³-hybridized carbons (Fsp3) is 0.571. The van der Waals surface area contributed by atoms with E-state index in [-0.39, 0.29) is 0 Å². The number of anilines is 1. The van der Waals surface area contributed by atoms with Gasteiger partial charge in [-0.2, -0.15) is 0 Å². The molecule has 0 saturated carbocycles. The second kappa shape index (κ2) is 5.41. The monoisotopic (exact) mass is 234 g/mol. The van der Waals surface area contributed by atoms with Gasteiger partial charge in [-0.15, -0.1) is 0 Å². The maximum Gasteiger partial charge on any atom is 0.142 e. The van der Waals surface area contributed by atoms with Crippen molar-refractivity contribution in [2.24, 2.45) is 5.92 Å². The van der Waals surface area contributed by atoms with Crippen molar-refractivity contribution < 1.29 is 4.74 Å². The van der Waals surface area contributed by atoms with Crippen molar-refractivity contribution in [1.29, 1.82) is 0 Å². The molecular formula is C14H22N2O. The number of hydrogen-bond acceptors (Lipinski definition) is 3. The largest absolute Gasteiger partial charge is 0.495 e. The number of ether oxygens (including phenoxy) is 1. The number of para-hydroxylation sites is 1. The van der Waals surface area contributed by atoms with Gasteiger partial charge in [-0.1, -0.05) is 12.1 Å². The summed E-state index contributed by atoms with van der Waals surface area (Å²) in [6, 6.07) is 6.07. The molecule has 1 aromatic rings. The first-order valence-corrected chi connectivity index (χ1v) is 6.30. The van der Waals surface area contributed by atoms with E-state index in [4.69, 9.17) is 10.5 Å². The number of methoxy groups -OCH3 is 1. The molecule has 0 radical (unpaired) electrons. The SMILES string of the molecule is COc1cccc(CC2CCN(C)CC2)c1N. The first-order valence-electron chi connectivity index (χ1n) is 6.30. The van der Waals surface area contributed by atoms with Crippen molar-refractivity contribution in [2.45, 2.75) is 19.3 Å². The van der Waals surface area contributed by atoms with Crippen molar-refractivity contribution in [1.82, 2.24) is 4.90 Å². The smallest absolute Gasteiger partial charge is 0.142 e. The first-order chi connectivity index (χ1) is 8.20. The summed E-state index contributed by atoms with van der Waals surface area (Å²) in [5, 5.41) is 0. The highest BCUT2D eigenvalue weighted by molar-refractivity contribution is 5.58. The van der Waals surface area contributed by atoms with Crippen molar-refractivity contribution in [2.75, 3.05) is 33.0 Å². The summed E-state index contributed by atoms with van der Waals surface area (Å²) >= 11 is 0. The van der Waals surface area contributed by atoms with Gasteiger partial charge >= 0.3 is 0 Å². The molecule has 0 atom stereocenters. The van der Waals surface area contributed by atoms with Crippen molar-refractivity contribution in [3.05, 3.63) is 23.8 Å². The molecule has 0 bridgehead atoms. The zero-order chi connectivity index (χ0) is 12.3. The molecule has 1 saturated heterocycles. The summed E-state index contributed by atoms with van der Waals surface area (Å²) in [6.45, 7) is 2.41. The normalized spacial score (nSPS) is 18.2. The molecule has 1 heterocycles. The molecule has 1 aliphatic rings. The van der Waals surface area contributed by atoms with E-state index >= 15 is 0 Å². The Bertz CT molecular complexity index is 370. The highest BCUT2D eigenvalue weighted by atomic mass is 16.5. The minimum Gasteiger partial charge on any atom is -0.495 e. The van der Waals surface area contributed by atoms with Gasteiger partial charge in [0.25, 0.3) is 0 Å². The number of nitrogen functional groups attached to an aromatic ring is 1. The van der Waals surface area contributed by atoms with Gasteiger partial charge in [-0.05, 0) is 56.9 Å². The Hall–Kier alpha value is -1.22. The molecule has 2 N–H and O–H groups in total. The third kappa shape index (κ3) is 2.91. The lowest BCUT2D eigenvalue weighted by Gasteiger charge is -2.29. The number of rotatable bonds is 3. The van der Waals surface area contributed by atoms with Gasteiger partial charge in [0.2, 0.25) is 0 Å². The maximum absolute atomic E-state index is 6.10. The van der Waals surface area contributed by atoms with E-state index in [2.05, 4.69) is 18.0 Å². The van der Waals surface area contributed by atoms with Gasteiger partial charge in [-0.3, -0.25) is 0 Å². The molecule has 0 amide bonds. The van der Waals surface area contributed by atoms with Crippen LogP contribution in [0.1, 0.15) is 18.4 Å². The molecule has 17 heavy (non-hydrogen) atoms. The van der Waals surface area contributed by atoms with Crippen LogP contribution in [0.15, 0.2) is 18.2 Å². The Balaban J connectivity index is 2.03. The molecular weight excluding hydrogens is 212 g/mol. The molecule has 1 aliphatic heterocycles. The highest BCUT2D eigenvalue weighted by Crippen LogP contribution is 2.29. The molecule has 0 spiro atoms. The molecule has 3 nitrogen and oxygen atoms in total. The summed E-state index contributed by atoms with van der Waals surface area (Å²) in [5.74, 6) is 1.57. The second-order valence-corrected chi connectivity index (χ2v) is 4.98. The quantitative estimate of drug-likeness (QED) is 0.815. The van der Waals surface area contributed by atoms with Gasteiger partial charge in [0.15, 0.2) is 0 Å². The van der Waals surface area contributed by atoms with Crippen molar-refractivity contribution in [3.8, 4) is 5.75 Å². The molecule has 0 aliphatic carbocycles. The van der Waals surface area contributed by atoms with Gasteiger partial charge in [0.05, 0.1) is 12.8 Å². The van der Waals surface area contributed by atoms with Crippen LogP contribution in [0.5, 0.6) is 5.75 Å². The first kappa shape index (κ1) is 12.2. The number of likely N-dealkylation sites (tertiary alicyclic amines) is 1. The van der Waals surface area contributed by atoms with E-state index in [1.165, 1.54) is 31.5 Å². The topological polar surface area (TPSA) is 38.5 Å². The fourth-order valence-corrected chi connectivity index (χ4v) is 2.52. The van der Waals surface area contributed by atoms with Crippen LogP contribution in [0.2, 0.25) is 0 Å². The average Bonchev–Trinajstić information content (AvgIpc) is 2.35. The minimum absolute atomic E-state index is 0.764. The van der Waals surface area contributed by atoms with Gasteiger partial charge in [0.1, 0.15) is 5.75 Å². The van der Waals surface area contributed by atoms with E-state index < -0.39 is 0 Å². The van der Waals surface area contributed by atoms with E-state index in [9.17, 15) is 0 Å². The van der Waals surface area contributed by atoms with Crippen LogP contribution in [0.4, 0.5) is 5.69 Å². The predicted molar refractivity (Wildman–Crippen MR) is 71.3 cm³/mol. The summed E-state index contributed by atoms with van der Waals surface area (Å²) in [5.41, 5.74) is 8.15. The molecule has 0 unspecified atom stereocenters. The van der Waals surface area contributed by atoms with Crippen LogP contribution in [0.25, 0.3) is 0 Å². The number of benzene rings is 1. The Labute approximate surface area is 104 Å². The third-order valence-corrected chi connectivity index (χ3v) is 3.72. The van der Waals surface area contributed by atoms with E-state index in [0.717, 1.165) is 23.8 Å². The number of nitrogens with zero attached hydrogens (tertiary/aromatic N) is 1. The molecule has 1 aromatic carbocycles. The highest BCUT2D eigenvalue weighted by Gasteiger charge is 2.18. The van der Waals surface area contributed by atoms with Crippen LogP contribution in [-0.4, -0.2) is 32.1 Å². The number of hydrogen-bond donors (Lipinski definition) is 1. The zero-order valence-corrected chi connectivity index (χ0v) is 10.8. The number of piperidine rings is 1. The van der Waals surface area contributed by atoms with Crippen LogP contribution in [-0.2, 0) is 6.42 Å². The van der Waals surface area contributed by atoms with Gasteiger partial charge < -0.3 is 15.4 Å². The van der Waals surface area contributed by atoms with Crippen molar-refractivity contribution in [3.63, 3.8) is 0 Å². The van der Waals surface area contributed by atoms with Crippen molar-refractivity contribution >= 4 is 5.69 Å². The lowest BCUT2D eigenvalue weighted by molar-refractivity contribution is 0.219. The molecule has 0 aromatic heterocycles. The summed E-state index contributed by atoms with van der Waals surface area (Å²) < 4.78 is 5.26. The lowest BCUT2D eigenvalue weighted by Crippen LogP contribution is -2.31. The minimum atomic E-state index is 0.764. The van der Waals surface area contributed by atoms with E-state index in [0.29, 0.717) is 0 Å². The summed E-state index contributed by atoms with van der Waals surface area (Å²) in [7, 11) is 3.86. The summed E-state index contributed by atoms with van der Waals surface area (Å²) in [4.78, 5) is 2.39. The summed E-state index contributed by atoms with van der Waals surface area (Å²) in [6.07, 6.45) is 3.62. The van der Waals surface area contributed by atoms with Crippen LogP contribution < -0.4 is 10.5 Å². The van der Waals surface area contributed by atoms with Crippen LogP contribution in [0.3, 0.4) is 0 Å². The average molecular weight is 234 g/mol. The lowest BCUT2D eigenvalue weighted by atomic mass is 9.89. The van der Waals surface area contributed by atoms with Crippen LogP contribution >= 0.6 is 0 Å². The Morgan fingerprint density at radius 1 is 1.35 bits per heavy atom. The van der Waals surface area contributed by atoms with Gasteiger partial charge in [0, 0.05) is 0 Å². The van der Waals surface area contributed by atoms with E-state index in [1.54, 1.807) is 7.11 Å². The Morgan fingerprint density at radius 2 is 2.06 bits per heavy atom. The molecule has 2 rings (SSSR count). The Kier molecular flexibility index (Phi) is 3.89. The standard InChI is InChI=1S/C14H22N2O/c1-16-8-6-11(7-9-16)10-12-4-3-5-13(17-2)14(12)15/h3-5,11H,6-10,15H2,1-2H3. The molecule has 94 valence electrons. The van der Waals surface area contributed by atoms with Crippen LogP contribution in [0, 0.1) is 5.92 Å².